The van der Waals surface area contributed by atoms with E-state index >= 15 is 0 Å². The molecule has 1 heterocycles. The third-order valence-electron chi connectivity index (χ3n) is 3.66. The number of carbonyl (C=O) groups is 2. The van der Waals surface area contributed by atoms with Crippen molar-refractivity contribution in [3.05, 3.63) is 0 Å². The van der Waals surface area contributed by atoms with Crippen molar-refractivity contribution in [1.29, 1.82) is 0 Å². The number of rotatable bonds is 6. The highest BCUT2D eigenvalue weighted by Gasteiger charge is 2.23. The predicted molar refractivity (Wildman–Crippen MR) is 76.8 cm³/mol. The summed E-state index contributed by atoms with van der Waals surface area (Å²) in [5.74, 6) is -0.989. The van der Waals surface area contributed by atoms with Gasteiger partial charge < -0.3 is 20.6 Å². The molecule has 116 valence electrons. The number of piperazine rings is 1. The van der Waals surface area contributed by atoms with Gasteiger partial charge in [0.05, 0.1) is 0 Å². The average molecular weight is 286 g/mol. The number of hydrogen-bond acceptors (Lipinski definition) is 4. The summed E-state index contributed by atoms with van der Waals surface area (Å²) in [6.45, 7) is 5.30. The topological polar surface area (TPSA) is 84.9 Å². The summed E-state index contributed by atoms with van der Waals surface area (Å²) in [6, 6.07) is -0.965. The summed E-state index contributed by atoms with van der Waals surface area (Å²) in [5.41, 5.74) is 0. The van der Waals surface area contributed by atoms with E-state index in [0.717, 1.165) is 19.6 Å². The highest BCUT2D eigenvalue weighted by molar-refractivity contribution is 5.82. The monoisotopic (exact) mass is 286 g/mol. The second-order valence-electron chi connectivity index (χ2n) is 5.43. The SMILES string of the molecule is CCC[C@@H](NC(=O)NCC1CN(C)CCN1C)C(=O)O. The Balaban J connectivity index is 2.36. The van der Waals surface area contributed by atoms with Gasteiger partial charge in [0.25, 0.3) is 0 Å². The largest absolute Gasteiger partial charge is 0.480 e. The van der Waals surface area contributed by atoms with Crippen LogP contribution in [0.5, 0.6) is 0 Å². The summed E-state index contributed by atoms with van der Waals surface area (Å²) < 4.78 is 0. The molecule has 2 amide bonds. The van der Waals surface area contributed by atoms with E-state index < -0.39 is 18.0 Å². The number of urea groups is 1. The number of carboxylic acid groups (broad SMARTS) is 1. The van der Waals surface area contributed by atoms with Gasteiger partial charge in [-0.25, -0.2) is 9.59 Å². The van der Waals surface area contributed by atoms with Gasteiger partial charge in [-0.15, -0.1) is 0 Å². The minimum atomic E-state index is -0.989. The van der Waals surface area contributed by atoms with Gasteiger partial charge in [0.15, 0.2) is 0 Å². The van der Waals surface area contributed by atoms with E-state index in [0.29, 0.717) is 19.4 Å². The predicted octanol–water partition coefficient (Wildman–Crippen LogP) is -0.215. The summed E-state index contributed by atoms with van der Waals surface area (Å²) in [6.07, 6.45) is 1.15. The van der Waals surface area contributed by atoms with Crippen LogP contribution in [0, 0.1) is 0 Å². The first-order chi connectivity index (χ1) is 9.43. The van der Waals surface area contributed by atoms with Crippen LogP contribution in [0.15, 0.2) is 0 Å². The molecule has 0 bridgehead atoms. The fourth-order valence-corrected chi connectivity index (χ4v) is 2.29. The Morgan fingerprint density at radius 2 is 2.05 bits per heavy atom. The zero-order chi connectivity index (χ0) is 15.1. The van der Waals surface area contributed by atoms with Gasteiger partial charge in [0.1, 0.15) is 6.04 Å². The summed E-state index contributed by atoms with van der Waals surface area (Å²) in [7, 11) is 4.09. The van der Waals surface area contributed by atoms with Crippen molar-refractivity contribution < 1.29 is 14.7 Å². The zero-order valence-electron chi connectivity index (χ0n) is 12.6. The number of nitrogens with one attached hydrogen (secondary N) is 2. The lowest BCUT2D eigenvalue weighted by Crippen LogP contribution is -2.56. The first-order valence-electron chi connectivity index (χ1n) is 7.10. The molecular formula is C13H26N4O3. The lowest BCUT2D eigenvalue weighted by atomic mass is 10.1. The number of likely N-dealkylation sites (N-methyl/N-ethyl adjacent to an activating group) is 2. The van der Waals surface area contributed by atoms with Gasteiger partial charge >= 0.3 is 12.0 Å². The van der Waals surface area contributed by atoms with Crippen LogP contribution in [0.2, 0.25) is 0 Å². The number of carboxylic acids is 1. The van der Waals surface area contributed by atoms with Gasteiger partial charge in [-0.3, -0.25) is 4.90 Å². The van der Waals surface area contributed by atoms with Crippen LogP contribution in [-0.2, 0) is 4.79 Å². The van der Waals surface area contributed by atoms with Crippen LogP contribution in [-0.4, -0.2) is 79.3 Å². The third-order valence-corrected chi connectivity index (χ3v) is 3.66. The van der Waals surface area contributed by atoms with Crippen LogP contribution in [0.25, 0.3) is 0 Å². The van der Waals surface area contributed by atoms with Gasteiger partial charge in [-0.2, -0.15) is 0 Å². The molecule has 1 rings (SSSR count). The van der Waals surface area contributed by atoms with Crippen molar-refractivity contribution in [3.8, 4) is 0 Å². The van der Waals surface area contributed by atoms with E-state index in [2.05, 4.69) is 27.5 Å². The summed E-state index contributed by atoms with van der Waals surface area (Å²) in [5, 5.41) is 14.3. The standard InChI is InChI=1S/C13H26N4O3/c1-4-5-11(12(18)19)15-13(20)14-8-10-9-16(2)6-7-17(10)3/h10-11H,4-9H2,1-3H3,(H,18,19)(H2,14,15,20)/t10?,11-/m1/s1. The van der Waals surface area contributed by atoms with E-state index in [1.807, 2.05) is 14.0 Å². The molecule has 2 atom stereocenters. The molecule has 0 aromatic carbocycles. The van der Waals surface area contributed by atoms with Crippen molar-refractivity contribution in [2.75, 3.05) is 40.3 Å². The first kappa shape index (κ1) is 16.7. The zero-order valence-corrected chi connectivity index (χ0v) is 12.6. The number of hydrogen-bond donors (Lipinski definition) is 3. The Labute approximate surface area is 120 Å². The molecule has 7 nitrogen and oxygen atoms in total. The van der Waals surface area contributed by atoms with Crippen LogP contribution in [0.1, 0.15) is 19.8 Å². The van der Waals surface area contributed by atoms with E-state index in [9.17, 15) is 9.59 Å². The maximum atomic E-state index is 11.7. The Morgan fingerprint density at radius 1 is 1.35 bits per heavy atom. The fourth-order valence-electron chi connectivity index (χ4n) is 2.29. The minimum absolute atomic E-state index is 0.258. The molecule has 0 aliphatic carbocycles. The van der Waals surface area contributed by atoms with Crippen LogP contribution in [0.4, 0.5) is 4.79 Å². The maximum absolute atomic E-state index is 11.7. The van der Waals surface area contributed by atoms with Crippen molar-refractivity contribution in [3.63, 3.8) is 0 Å². The van der Waals surface area contributed by atoms with E-state index in [-0.39, 0.29) is 6.04 Å². The normalized spacial score (nSPS) is 22.2. The molecule has 0 spiro atoms. The molecule has 1 saturated heterocycles. The van der Waals surface area contributed by atoms with Crippen molar-refractivity contribution in [2.45, 2.75) is 31.8 Å². The minimum Gasteiger partial charge on any atom is -0.480 e. The quantitative estimate of drug-likeness (QED) is 0.629. The summed E-state index contributed by atoms with van der Waals surface area (Å²) >= 11 is 0. The molecule has 1 aliphatic heterocycles. The Morgan fingerprint density at radius 3 is 2.65 bits per heavy atom. The van der Waals surface area contributed by atoms with Gasteiger partial charge in [0.2, 0.25) is 0 Å². The number of aliphatic carboxylic acids is 1. The van der Waals surface area contributed by atoms with Crippen molar-refractivity contribution in [2.24, 2.45) is 0 Å². The number of carbonyl (C=O) groups excluding carboxylic acids is 1. The van der Waals surface area contributed by atoms with Crippen LogP contribution >= 0.6 is 0 Å². The molecule has 7 heteroatoms. The molecule has 0 radical (unpaired) electrons. The Kier molecular flexibility index (Phi) is 6.74. The molecule has 20 heavy (non-hydrogen) atoms. The molecule has 0 saturated carbocycles. The second-order valence-corrected chi connectivity index (χ2v) is 5.43. The van der Waals surface area contributed by atoms with Crippen LogP contribution < -0.4 is 10.6 Å². The van der Waals surface area contributed by atoms with Gasteiger partial charge in [0, 0.05) is 32.2 Å². The summed E-state index contributed by atoms with van der Waals surface area (Å²) in [4.78, 5) is 27.1. The van der Waals surface area contributed by atoms with Crippen LogP contribution in [0.3, 0.4) is 0 Å². The molecule has 1 fully saturated rings. The molecule has 0 aromatic heterocycles. The van der Waals surface area contributed by atoms with Gasteiger partial charge in [-0.1, -0.05) is 13.3 Å². The van der Waals surface area contributed by atoms with E-state index in [4.69, 9.17) is 5.11 Å². The molecule has 0 aromatic rings. The molecular weight excluding hydrogens is 260 g/mol. The van der Waals surface area contributed by atoms with Gasteiger partial charge in [-0.05, 0) is 20.5 Å². The highest BCUT2D eigenvalue weighted by Crippen LogP contribution is 2.04. The molecule has 3 N–H and O–H groups in total. The Hall–Kier alpha value is -1.34. The molecule has 1 unspecified atom stereocenters. The lowest BCUT2D eigenvalue weighted by molar-refractivity contribution is -0.139. The maximum Gasteiger partial charge on any atom is 0.326 e. The smallest absolute Gasteiger partial charge is 0.326 e. The first-order valence-corrected chi connectivity index (χ1v) is 7.10. The van der Waals surface area contributed by atoms with E-state index in [1.165, 1.54) is 0 Å². The average Bonchev–Trinajstić information content (AvgIpc) is 2.39. The second kappa shape index (κ2) is 8.06. The lowest BCUT2D eigenvalue weighted by Gasteiger charge is -2.37. The highest BCUT2D eigenvalue weighted by atomic mass is 16.4. The molecule has 1 aliphatic rings. The Bertz CT molecular complexity index is 338. The number of amides is 2. The van der Waals surface area contributed by atoms with Crippen molar-refractivity contribution >= 4 is 12.0 Å². The van der Waals surface area contributed by atoms with E-state index in [1.54, 1.807) is 0 Å². The third kappa shape index (κ3) is 5.34. The number of nitrogens with zero attached hydrogens (tertiary/aromatic N) is 2. The van der Waals surface area contributed by atoms with Crippen molar-refractivity contribution in [1.82, 2.24) is 20.4 Å². The fraction of sp³-hybridized carbons (Fsp3) is 0.846.